The Labute approximate surface area is 108 Å². The van der Waals surface area contributed by atoms with Crippen LogP contribution in [0.3, 0.4) is 0 Å². The van der Waals surface area contributed by atoms with Crippen molar-refractivity contribution in [1.82, 2.24) is 0 Å². The van der Waals surface area contributed by atoms with Crippen molar-refractivity contribution in [3.8, 4) is 0 Å². The zero-order valence-electron chi connectivity index (χ0n) is 11.0. The Morgan fingerprint density at radius 2 is 1.78 bits per heavy atom. The lowest BCUT2D eigenvalue weighted by atomic mass is 10.1. The molecule has 0 saturated carbocycles. The molecule has 2 nitrogen and oxygen atoms in total. The maximum atomic E-state index is 11.6. The van der Waals surface area contributed by atoms with Crippen molar-refractivity contribution in [2.45, 2.75) is 13.8 Å². The topological polar surface area (TPSA) is 20.3 Å². The van der Waals surface area contributed by atoms with E-state index in [9.17, 15) is 4.79 Å². The van der Waals surface area contributed by atoms with Gasteiger partial charge in [0.15, 0.2) is 5.78 Å². The van der Waals surface area contributed by atoms with E-state index in [0.717, 1.165) is 16.9 Å². The third kappa shape index (κ3) is 2.43. The fourth-order valence-electron chi connectivity index (χ4n) is 2.04. The SMILES string of the molecule is CC(=O)c1ccccc1N(C)c1cccc(C)c1. The smallest absolute Gasteiger partial charge is 0.161 e. The van der Waals surface area contributed by atoms with Crippen molar-refractivity contribution in [3.63, 3.8) is 0 Å². The van der Waals surface area contributed by atoms with E-state index < -0.39 is 0 Å². The summed E-state index contributed by atoms with van der Waals surface area (Å²) in [7, 11) is 1.98. The molecule has 0 amide bonds. The molecule has 0 saturated heterocycles. The van der Waals surface area contributed by atoms with Crippen LogP contribution in [0.25, 0.3) is 0 Å². The number of para-hydroxylation sites is 1. The predicted octanol–water partition coefficient (Wildman–Crippen LogP) is 3.97. The van der Waals surface area contributed by atoms with Crippen molar-refractivity contribution in [3.05, 3.63) is 59.7 Å². The van der Waals surface area contributed by atoms with Crippen LogP contribution in [0.5, 0.6) is 0 Å². The molecule has 18 heavy (non-hydrogen) atoms. The van der Waals surface area contributed by atoms with Crippen LogP contribution in [-0.4, -0.2) is 12.8 Å². The molecule has 0 N–H and O–H groups in total. The molecular weight excluding hydrogens is 222 g/mol. The van der Waals surface area contributed by atoms with Crippen LogP contribution in [0.1, 0.15) is 22.8 Å². The van der Waals surface area contributed by atoms with E-state index in [4.69, 9.17) is 0 Å². The number of aryl methyl sites for hydroxylation is 1. The number of rotatable bonds is 3. The molecule has 0 aliphatic heterocycles. The minimum Gasteiger partial charge on any atom is -0.344 e. The van der Waals surface area contributed by atoms with Crippen LogP contribution in [0.2, 0.25) is 0 Å². The van der Waals surface area contributed by atoms with E-state index in [0.29, 0.717) is 0 Å². The Hall–Kier alpha value is -2.09. The molecule has 0 aliphatic rings. The summed E-state index contributed by atoms with van der Waals surface area (Å²) in [6.45, 7) is 3.66. The summed E-state index contributed by atoms with van der Waals surface area (Å²) in [6, 6.07) is 15.9. The Balaban J connectivity index is 2.46. The Kier molecular flexibility index (Phi) is 3.47. The first-order chi connectivity index (χ1) is 8.59. The van der Waals surface area contributed by atoms with Gasteiger partial charge in [0.25, 0.3) is 0 Å². The van der Waals surface area contributed by atoms with Crippen molar-refractivity contribution in [2.24, 2.45) is 0 Å². The second-order valence-corrected chi connectivity index (χ2v) is 4.47. The minimum atomic E-state index is 0.0881. The first-order valence-electron chi connectivity index (χ1n) is 6.00. The highest BCUT2D eigenvalue weighted by Crippen LogP contribution is 2.27. The molecule has 92 valence electrons. The highest BCUT2D eigenvalue weighted by atomic mass is 16.1. The Morgan fingerprint density at radius 1 is 1.06 bits per heavy atom. The average molecular weight is 239 g/mol. The molecule has 0 spiro atoms. The van der Waals surface area contributed by atoms with Gasteiger partial charge in [-0.05, 0) is 43.7 Å². The number of ketones is 1. The van der Waals surface area contributed by atoms with Gasteiger partial charge in [0.1, 0.15) is 0 Å². The summed E-state index contributed by atoms with van der Waals surface area (Å²) in [5.74, 6) is 0.0881. The maximum absolute atomic E-state index is 11.6. The number of carbonyl (C=O) groups is 1. The molecule has 2 aromatic rings. The summed E-state index contributed by atoms with van der Waals surface area (Å²) in [5.41, 5.74) is 3.99. The van der Waals surface area contributed by atoms with Gasteiger partial charge in [0, 0.05) is 18.3 Å². The molecule has 0 radical (unpaired) electrons. The van der Waals surface area contributed by atoms with E-state index >= 15 is 0 Å². The van der Waals surface area contributed by atoms with Crippen LogP contribution >= 0.6 is 0 Å². The van der Waals surface area contributed by atoms with Crippen molar-refractivity contribution < 1.29 is 4.79 Å². The molecular formula is C16H17NO. The van der Waals surface area contributed by atoms with Crippen molar-refractivity contribution >= 4 is 17.2 Å². The summed E-state index contributed by atoms with van der Waals surface area (Å²) in [6.07, 6.45) is 0. The Morgan fingerprint density at radius 3 is 2.44 bits per heavy atom. The molecule has 0 atom stereocenters. The first kappa shape index (κ1) is 12.4. The highest BCUT2D eigenvalue weighted by molar-refractivity contribution is 6.00. The molecule has 0 fully saturated rings. The quantitative estimate of drug-likeness (QED) is 0.755. The van der Waals surface area contributed by atoms with Crippen LogP contribution < -0.4 is 4.90 Å². The van der Waals surface area contributed by atoms with Gasteiger partial charge in [-0.3, -0.25) is 4.79 Å². The predicted molar refractivity (Wildman–Crippen MR) is 75.7 cm³/mol. The number of hydrogen-bond acceptors (Lipinski definition) is 2. The summed E-state index contributed by atoms with van der Waals surface area (Å²) >= 11 is 0. The number of anilines is 2. The van der Waals surface area contributed by atoms with Gasteiger partial charge < -0.3 is 4.90 Å². The van der Waals surface area contributed by atoms with Gasteiger partial charge in [-0.15, -0.1) is 0 Å². The summed E-state index contributed by atoms with van der Waals surface area (Å²) in [5, 5.41) is 0. The summed E-state index contributed by atoms with van der Waals surface area (Å²) in [4.78, 5) is 13.7. The molecule has 2 aromatic carbocycles. The lowest BCUT2D eigenvalue weighted by molar-refractivity contribution is 0.101. The largest absolute Gasteiger partial charge is 0.344 e. The van der Waals surface area contributed by atoms with E-state index in [2.05, 4.69) is 19.1 Å². The minimum absolute atomic E-state index is 0.0881. The maximum Gasteiger partial charge on any atom is 0.161 e. The van der Waals surface area contributed by atoms with E-state index in [1.807, 2.05) is 48.3 Å². The molecule has 0 bridgehead atoms. The molecule has 0 unspecified atom stereocenters. The first-order valence-corrected chi connectivity index (χ1v) is 6.00. The van der Waals surface area contributed by atoms with Crippen molar-refractivity contribution in [1.29, 1.82) is 0 Å². The van der Waals surface area contributed by atoms with Crippen molar-refractivity contribution in [2.75, 3.05) is 11.9 Å². The fourth-order valence-corrected chi connectivity index (χ4v) is 2.04. The van der Waals surface area contributed by atoms with E-state index in [-0.39, 0.29) is 5.78 Å². The van der Waals surface area contributed by atoms with Gasteiger partial charge in [-0.25, -0.2) is 0 Å². The van der Waals surface area contributed by atoms with Gasteiger partial charge >= 0.3 is 0 Å². The fraction of sp³-hybridized carbons (Fsp3) is 0.188. The average Bonchev–Trinajstić information content (AvgIpc) is 2.38. The molecule has 2 heteroatoms. The van der Waals surface area contributed by atoms with Gasteiger partial charge in [0.2, 0.25) is 0 Å². The second-order valence-electron chi connectivity index (χ2n) is 4.47. The standard InChI is InChI=1S/C16H17NO/c1-12-7-6-8-14(11-12)17(3)16-10-5-4-9-15(16)13(2)18/h4-11H,1-3H3. The molecule has 0 aliphatic carbocycles. The molecule has 2 rings (SSSR count). The van der Waals surface area contributed by atoms with Gasteiger partial charge in [0.05, 0.1) is 5.69 Å². The number of Topliss-reactive ketones (excluding diaryl/α,β-unsaturated/α-hetero) is 1. The lowest BCUT2D eigenvalue weighted by Gasteiger charge is -2.22. The number of carbonyl (C=O) groups excluding carboxylic acids is 1. The second kappa shape index (κ2) is 5.05. The number of benzene rings is 2. The molecule has 0 aromatic heterocycles. The van der Waals surface area contributed by atoms with Crippen LogP contribution in [0.15, 0.2) is 48.5 Å². The van der Waals surface area contributed by atoms with Crippen LogP contribution in [0, 0.1) is 6.92 Å². The van der Waals surface area contributed by atoms with Crippen LogP contribution in [0.4, 0.5) is 11.4 Å². The summed E-state index contributed by atoms with van der Waals surface area (Å²) < 4.78 is 0. The van der Waals surface area contributed by atoms with Crippen LogP contribution in [-0.2, 0) is 0 Å². The number of nitrogens with zero attached hydrogens (tertiary/aromatic N) is 1. The Bertz CT molecular complexity index is 575. The van der Waals surface area contributed by atoms with Gasteiger partial charge in [-0.2, -0.15) is 0 Å². The highest BCUT2D eigenvalue weighted by Gasteiger charge is 2.11. The third-order valence-electron chi connectivity index (χ3n) is 3.03. The van der Waals surface area contributed by atoms with E-state index in [1.165, 1.54) is 5.56 Å². The lowest BCUT2D eigenvalue weighted by Crippen LogP contribution is -2.13. The molecule has 0 heterocycles. The zero-order valence-corrected chi connectivity index (χ0v) is 11.0. The monoisotopic (exact) mass is 239 g/mol. The normalized spacial score (nSPS) is 10.2. The third-order valence-corrected chi connectivity index (χ3v) is 3.03. The number of hydrogen-bond donors (Lipinski definition) is 0. The van der Waals surface area contributed by atoms with Gasteiger partial charge in [-0.1, -0.05) is 24.3 Å². The zero-order chi connectivity index (χ0) is 13.1. The van der Waals surface area contributed by atoms with E-state index in [1.54, 1.807) is 6.92 Å².